The van der Waals surface area contributed by atoms with Crippen molar-refractivity contribution >= 4 is 34.8 Å². The predicted octanol–water partition coefficient (Wildman–Crippen LogP) is 3.88. The molecule has 0 saturated heterocycles. The van der Waals surface area contributed by atoms with Gasteiger partial charge in [0.05, 0.1) is 23.4 Å². The van der Waals surface area contributed by atoms with Crippen LogP contribution in [0.15, 0.2) is 48.5 Å². The van der Waals surface area contributed by atoms with Crippen LogP contribution in [0, 0.1) is 0 Å². The van der Waals surface area contributed by atoms with Crippen molar-refractivity contribution in [3.63, 3.8) is 0 Å². The third-order valence-corrected chi connectivity index (χ3v) is 4.86. The van der Waals surface area contributed by atoms with E-state index in [-0.39, 0.29) is 17.6 Å². The number of carbonyl (C=O) groups excluding carboxylic acids is 2. The molecule has 0 spiro atoms. The van der Waals surface area contributed by atoms with Gasteiger partial charge in [0.1, 0.15) is 5.75 Å². The van der Waals surface area contributed by atoms with E-state index < -0.39 is 5.91 Å². The third kappa shape index (κ3) is 8.28. The smallest absolute Gasteiger partial charge is 0.261 e. The predicted molar refractivity (Wildman–Crippen MR) is 130 cm³/mol. The Morgan fingerprint density at radius 2 is 1.66 bits per heavy atom. The van der Waals surface area contributed by atoms with E-state index in [0.29, 0.717) is 42.1 Å². The number of nitrogens with one attached hydrogen (secondary N) is 3. The summed E-state index contributed by atoms with van der Waals surface area (Å²) in [7, 11) is 0. The van der Waals surface area contributed by atoms with Crippen molar-refractivity contribution in [3.8, 4) is 5.75 Å². The van der Waals surface area contributed by atoms with Gasteiger partial charge in [0.15, 0.2) is 5.11 Å². The van der Waals surface area contributed by atoms with E-state index in [1.54, 1.807) is 42.5 Å². The standard InChI is InChI=1S/C24H31N3O4S/c1-2-3-4-9-17-31-21-14-8-6-12-19(21)23(30)27-24(32)26-20-13-7-5-11-18(20)22(29)25-15-10-16-28/h5-8,11-14,28H,2-4,9-10,15-17H2,1H3,(H,25,29)(H2,26,27,30,32). The summed E-state index contributed by atoms with van der Waals surface area (Å²) in [6.45, 7) is 3.06. The highest BCUT2D eigenvalue weighted by molar-refractivity contribution is 7.80. The van der Waals surface area contributed by atoms with Crippen molar-refractivity contribution in [3.05, 3.63) is 59.7 Å². The Bertz CT molecular complexity index is 904. The van der Waals surface area contributed by atoms with Gasteiger partial charge >= 0.3 is 0 Å². The lowest BCUT2D eigenvalue weighted by Crippen LogP contribution is -2.35. The molecule has 0 aliphatic carbocycles. The lowest BCUT2D eigenvalue weighted by atomic mass is 10.1. The average Bonchev–Trinajstić information content (AvgIpc) is 2.79. The topological polar surface area (TPSA) is 99.7 Å². The second-order valence-corrected chi connectivity index (χ2v) is 7.60. The second kappa shape index (κ2) is 14.2. The van der Waals surface area contributed by atoms with Gasteiger partial charge in [-0.2, -0.15) is 0 Å². The lowest BCUT2D eigenvalue weighted by molar-refractivity contribution is 0.0949. The van der Waals surface area contributed by atoms with Gasteiger partial charge in [0.25, 0.3) is 11.8 Å². The van der Waals surface area contributed by atoms with Gasteiger partial charge in [-0.25, -0.2) is 0 Å². The van der Waals surface area contributed by atoms with E-state index in [4.69, 9.17) is 22.1 Å². The molecule has 4 N–H and O–H groups in total. The van der Waals surface area contributed by atoms with Crippen LogP contribution in [0.25, 0.3) is 0 Å². The number of hydrogen-bond donors (Lipinski definition) is 4. The zero-order valence-electron chi connectivity index (χ0n) is 18.4. The molecule has 0 atom stereocenters. The number of amides is 2. The fourth-order valence-electron chi connectivity index (χ4n) is 2.98. The third-order valence-electron chi connectivity index (χ3n) is 4.65. The first-order valence-electron chi connectivity index (χ1n) is 10.9. The zero-order chi connectivity index (χ0) is 23.2. The molecule has 0 heterocycles. The molecule has 0 saturated carbocycles. The van der Waals surface area contributed by atoms with Gasteiger partial charge < -0.3 is 20.5 Å². The highest BCUT2D eigenvalue weighted by atomic mass is 32.1. The molecule has 0 fully saturated rings. The molecule has 0 aromatic heterocycles. The molecular formula is C24H31N3O4S. The van der Waals surface area contributed by atoms with Gasteiger partial charge in [-0.15, -0.1) is 0 Å². The maximum Gasteiger partial charge on any atom is 0.261 e. The Morgan fingerprint density at radius 3 is 2.41 bits per heavy atom. The van der Waals surface area contributed by atoms with E-state index in [9.17, 15) is 9.59 Å². The normalized spacial score (nSPS) is 10.3. The Hall–Kier alpha value is -2.97. The zero-order valence-corrected chi connectivity index (χ0v) is 19.2. The van der Waals surface area contributed by atoms with Gasteiger partial charge in [-0.1, -0.05) is 50.5 Å². The molecule has 2 amide bonds. The maximum absolute atomic E-state index is 12.8. The molecule has 2 aromatic rings. The second-order valence-electron chi connectivity index (χ2n) is 7.19. The van der Waals surface area contributed by atoms with E-state index in [2.05, 4.69) is 22.9 Å². The summed E-state index contributed by atoms with van der Waals surface area (Å²) in [5.41, 5.74) is 1.25. The summed E-state index contributed by atoms with van der Waals surface area (Å²) in [5.74, 6) is -0.179. The van der Waals surface area contributed by atoms with Crippen LogP contribution < -0.4 is 20.7 Å². The number of thiocarbonyl (C=S) groups is 1. The summed E-state index contributed by atoms with van der Waals surface area (Å²) >= 11 is 5.29. The first kappa shape index (κ1) is 25.3. The number of aliphatic hydroxyl groups excluding tert-OH is 1. The summed E-state index contributed by atoms with van der Waals surface area (Å²) in [4.78, 5) is 25.2. The van der Waals surface area contributed by atoms with Gasteiger partial charge in [0.2, 0.25) is 0 Å². The Kier molecular flexibility index (Phi) is 11.2. The van der Waals surface area contributed by atoms with Crippen molar-refractivity contribution in [2.24, 2.45) is 0 Å². The van der Waals surface area contributed by atoms with Gasteiger partial charge in [-0.05, 0) is 49.3 Å². The van der Waals surface area contributed by atoms with Crippen molar-refractivity contribution in [2.45, 2.75) is 39.0 Å². The molecule has 172 valence electrons. The van der Waals surface area contributed by atoms with Crippen LogP contribution in [0.2, 0.25) is 0 Å². The van der Waals surface area contributed by atoms with E-state index in [1.807, 2.05) is 6.07 Å². The number of unbranched alkanes of at least 4 members (excludes halogenated alkanes) is 3. The highest BCUT2D eigenvalue weighted by Crippen LogP contribution is 2.19. The van der Waals surface area contributed by atoms with Gasteiger partial charge in [0, 0.05) is 13.2 Å². The monoisotopic (exact) mass is 457 g/mol. The molecule has 0 aliphatic heterocycles. The van der Waals surface area contributed by atoms with E-state index in [0.717, 1.165) is 25.7 Å². The SMILES string of the molecule is CCCCCCOc1ccccc1C(=O)NC(=S)Nc1ccccc1C(=O)NCCCO. The van der Waals surface area contributed by atoms with Crippen LogP contribution in [0.5, 0.6) is 5.75 Å². The Labute approximate surface area is 194 Å². The van der Waals surface area contributed by atoms with Gasteiger partial charge in [-0.3, -0.25) is 14.9 Å². The molecular weight excluding hydrogens is 426 g/mol. The minimum atomic E-state index is -0.392. The van der Waals surface area contributed by atoms with Crippen LogP contribution in [-0.2, 0) is 0 Å². The van der Waals surface area contributed by atoms with Crippen LogP contribution in [-0.4, -0.2) is 41.8 Å². The maximum atomic E-state index is 12.8. The quantitative estimate of drug-likeness (QED) is 0.285. The highest BCUT2D eigenvalue weighted by Gasteiger charge is 2.16. The van der Waals surface area contributed by atoms with E-state index in [1.165, 1.54) is 0 Å². The Balaban J connectivity index is 1.98. The summed E-state index contributed by atoms with van der Waals surface area (Å²) in [6.07, 6.45) is 4.80. The number of ether oxygens (including phenoxy) is 1. The van der Waals surface area contributed by atoms with Crippen molar-refractivity contribution in [1.29, 1.82) is 0 Å². The first-order chi connectivity index (χ1) is 15.6. The van der Waals surface area contributed by atoms with Crippen molar-refractivity contribution in [2.75, 3.05) is 25.1 Å². The Morgan fingerprint density at radius 1 is 0.938 bits per heavy atom. The fraction of sp³-hybridized carbons (Fsp3) is 0.375. The molecule has 2 aromatic carbocycles. The minimum absolute atomic E-state index is 0.000221. The average molecular weight is 458 g/mol. The van der Waals surface area contributed by atoms with Crippen LogP contribution in [0.4, 0.5) is 5.69 Å². The molecule has 0 radical (unpaired) electrons. The largest absolute Gasteiger partial charge is 0.493 e. The summed E-state index contributed by atoms with van der Waals surface area (Å²) in [5, 5.41) is 17.2. The molecule has 0 unspecified atom stereocenters. The number of benzene rings is 2. The molecule has 8 heteroatoms. The summed E-state index contributed by atoms with van der Waals surface area (Å²) in [6, 6.07) is 13.9. The van der Waals surface area contributed by atoms with Crippen LogP contribution in [0.1, 0.15) is 59.7 Å². The number of para-hydroxylation sites is 2. The number of rotatable bonds is 12. The number of carbonyl (C=O) groups is 2. The fourth-order valence-corrected chi connectivity index (χ4v) is 3.18. The minimum Gasteiger partial charge on any atom is -0.493 e. The number of hydrogen-bond acceptors (Lipinski definition) is 5. The number of aliphatic hydroxyl groups is 1. The van der Waals surface area contributed by atoms with Crippen molar-refractivity contribution in [1.82, 2.24) is 10.6 Å². The molecule has 2 rings (SSSR count). The number of anilines is 1. The van der Waals surface area contributed by atoms with E-state index >= 15 is 0 Å². The van der Waals surface area contributed by atoms with Crippen LogP contribution in [0.3, 0.4) is 0 Å². The van der Waals surface area contributed by atoms with Crippen molar-refractivity contribution < 1.29 is 19.4 Å². The lowest BCUT2D eigenvalue weighted by Gasteiger charge is -2.15. The summed E-state index contributed by atoms with van der Waals surface area (Å²) < 4.78 is 5.81. The first-order valence-corrected chi connectivity index (χ1v) is 11.3. The molecule has 0 aliphatic rings. The molecule has 0 bridgehead atoms. The van der Waals surface area contributed by atoms with Crippen LogP contribution >= 0.6 is 12.2 Å². The molecule has 32 heavy (non-hydrogen) atoms. The molecule has 7 nitrogen and oxygen atoms in total.